The summed E-state index contributed by atoms with van der Waals surface area (Å²) in [5, 5.41) is 0.497. The first-order valence-corrected chi connectivity index (χ1v) is 6.37. The minimum atomic E-state index is -0.450. The molecule has 94 valence electrons. The Labute approximate surface area is 105 Å². The van der Waals surface area contributed by atoms with Gasteiger partial charge in [-0.05, 0) is 33.3 Å². The van der Waals surface area contributed by atoms with Crippen molar-refractivity contribution in [2.75, 3.05) is 5.73 Å². The van der Waals surface area contributed by atoms with Crippen molar-refractivity contribution in [2.24, 2.45) is 5.73 Å². The number of nitrogen functional groups attached to an aromatic ring is 1. The number of ether oxygens (including phenoxy) is 1. The van der Waals surface area contributed by atoms with Gasteiger partial charge in [0.25, 0.3) is 5.91 Å². The predicted molar refractivity (Wildman–Crippen MR) is 69.1 cm³/mol. The number of hydrogen-bond donors (Lipinski definition) is 2. The third-order valence-corrected chi connectivity index (χ3v) is 4.33. The monoisotopic (exact) mass is 254 g/mol. The normalized spacial score (nSPS) is 20.9. The molecule has 0 unspecified atom stereocenters. The highest BCUT2D eigenvalue weighted by Gasteiger charge is 2.42. The van der Waals surface area contributed by atoms with Crippen molar-refractivity contribution >= 4 is 22.2 Å². The van der Waals surface area contributed by atoms with E-state index in [1.807, 2.05) is 27.7 Å². The Morgan fingerprint density at radius 2 is 1.94 bits per heavy atom. The number of rotatable bonds is 1. The summed E-state index contributed by atoms with van der Waals surface area (Å²) in [4.78, 5) is 12.5. The van der Waals surface area contributed by atoms with Crippen molar-refractivity contribution in [2.45, 2.75) is 45.3 Å². The molecular weight excluding hydrogens is 236 g/mol. The Balaban J connectivity index is 2.67. The fourth-order valence-corrected chi connectivity index (χ4v) is 3.74. The summed E-state index contributed by atoms with van der Waals surface area (Å²) in [5.74, 6) is -0.450. The maximum Gasteiger partial charge on any atom is 0.251 e. The zero-order valence-electron chi connectivity index (χ0n) is 10.6. The van der Waals surface area contributed by atoms with E-state index in [4.69, 9.17) is 16.2 Å². The van der Waals surface area contributed by atoms with Gasteiger partial charge < -0.3 is 16.2 Å². The fraction of sp³-hybridized carbons (Fsp3) is 0.583. The van der Waals surface area contributed by atoms with Crippen molar-refractivity contribution in [3.8, 4) is 0 Å². The Morgan fingerprint density at radius 3 is 2.47 bits per heavy atom. The summed E-state index contributed by atoms with van der Waals surface area (Å²) >= 11 is 1.40. The van der Waals surface area contributed by atoms with E-state index in [1.165, 1.54) is 11.3 Å². The molecule has 0 aromatic carbocycles. The molecule has 0 fully saturated rings. The third-order valence-electron chi connectivity index (χ3n) is 2.96. The molecule has 1 aliphatic heterocycles. The van der Waals surface area contributed by atoms with Crippen LogP contribution in [-0.4, -0.2) is 11.5 Å². The van der Waals surface area contributed by atoms with Gasteiger partial charge in [-0.15, -0.1) is 11.3 Å². The Hall–Kier alpha value is -1.07. The van der Waals surface area contributed by atoms with Crippen LogP contribution in [0.2, 0.25) is 0 Å². The molecule has 1 aromatic rings. The molecule has 0 spiro atoms. The van der Waals surface area contributed by atoms with Crippen LogP contribution < -0.4 is 11.5 Å². The number of nitrogens with two attached hydrogens (primary N) is 2. The van der Waals surface area contributed by atoms with Gasteiger partial charge in [0.2, 0.25) is 0 Å². The lowest BCUT2D eigenvalue weighted by Crippen LogP contribution is -2.42. The summed E-state index contributed by atoms with van der Waals surface area (Å²) in [6.45, 7) is 8.01. The van der Waals surface area contributed by atoms with Gasteiger partial charge in [0.05, 0.1) is 21.8 Å². The van der Waals surface area contributed by atoms with Crippen molar-refractivity contribution in [1.82, 2.24) is 0 Å². The van der Waals surface area contributed by atoms with E-state index < -0.39 is 11.5 Å². The highest BCUT2D eigenvalue weighted by Crippen LogP contribution is 2.47. The molecular formula is C12H18N2O2S. The highest BCUT2D eigenvalue weighted by atomic mass is 32.1. The molecule has 1 amide bonds. The number of fused-ring (bicyclic) bond motifs is 1. The van der Waals surface area contributed by atoms with Crippen molar-refractivity contribution < 1.29 is 9.53 Å². The molecule has 0 saturated heterocycles. The van der Waals surface area contributed by atoms with E-state index in [9.17, 15) is 4.79 Å². The Morgan fingerprint density at radius 1 is 1.35 bits per heavy atom. The van der Waals surface area contributed by atoms with Gasteiger partial charge in [0.15, 0.2) is 0 Å². The summed E-state index contributed by atoms with van der Waals surface area (Å²) in [7, 11) is 0. The number of carbonyl (C=O) groups excluding carboxylic acids is 1. The van der Waals surface area contributed by atoms with E-state index in [0.717, 1.165) is 10.4 Å². The highest BCUT2D eigenvalue weighted by molar-refractivity contribution is 7.16. The predicted octanol–water partition coefficient (Wildman–Crippen LogP) is 2.02. The first-order valence-electron chi connectivity index (χ1n) is 5.56. The van der Waals surface area contributed by atoms with Gasteiger partial charge in [-0.3, -0.25) is 4.79 Å². The summed E-state index contributed by atoms with van der Waals surface area (Å²) in [6.07, 6.45) is 0.664. The van der Waals surface area contributed by atoms with Crippen LogP contribution in [-0.2, 0) is 16.8 Å². The standard InChI is InChI=1S/C12H18N2O2S/c1-11(2)5-6-7(9(13)15)10(14)17-8(6)12(3,4)16-11/h5,14H2,1-4H3,(H2,13,15). The van der Waals surface area contributed by atoms with Gasteiger partial charge in [0, 0.05) is 11.3 Å². The molecule has 0 atom stereocenters. The van der Waals surface area contributed by atoms with E-state index in [-0.39, 0.29) is 5.60 Å². The lowest BCUT2D eigenvalue weighted by molar-refractivity contribution is -0.135. The largest absolute Gasteiger partial charge is 0.390 e. The second-order valence-corrected chi connectivity index (χ2v) is 6.61. The second kappa shape index (κ2) is 3.46. The van der Waals surface area contributed by atoms with E-state index >= 15 is 0 Å². The average Bonchev–Trinajstić information content (AvgIpc) is 2.38. The van der Waals surface area contributed by atoms with Crippen molar-refractivity contribution in [3.05, 3.63) is 16.0 Å². The van der Waals surface area contributed by atoms with Crippen LogP contribution >= 0.6 is 11.3 Å². The average molecular weight is 254 g/mol. The molecule has 0 radical (unpaired) electrons. The fourth-order valence-electron chi connectivity index (χ4n) is 2.61. The first-order chi connectivity index (χ1) is 7.64. The Kier molecular flexibility index (Phi) is 2.52. The summed E-state index contributed by atoms with van der Waals surface area (Å²) < 4.78 is 6.04. The summed E-state index contributed by atoms with van der Waals surface area (Å²) in [6, 6.07) is 0. The van der Waals surface area contributed by atoms with Crippen LogP contribution in [0.4, 0.5) is 5.00 Å². The zero-order valence-corrected chi connectivity index (χ0v) is 11.4. The van der Waals surface area contributed by atoms with Gasteiger partial charge in [-0.1, -0.05) is 0 Å². The van der Waals surface area contributed by atoms with Crippen LogP contribution in [0, 0.1) is 0 Å². The van der Waals surface area contributed by atoms with Crippen LogP contribution in [0.3, 0.4) is 0 Å². The zero-order chi connectivity index (χ0) is 13.0. The van der Waals surface area contributed by atoms with Gasteiger partial charge >= 0.3 is 0 Å². The maximum absolute atomic E-state index is 11.5. The molecule has 0 aliphatic carbocycles. The number of anilines is 1. The van der Waals surface area contributed by atoms with Gasteiger partial charge in [-0.2, -0.15) is 0 Å². The lowest BCUT2D eigenvalue weighted by Gasteiger charge is -2.41. The molecule has 5 heteroatoms. The quantitative estimate of drug-likeness (QED) is 0.804. The maximum atomic E-state index is 11.5. The Bertz CT molecular complexity index is 489. The number of thiophene rings is 1. The number of carbonyl (C=O) groups is 1. The van der Waals surface area contributed by atoms with Crippen LogP contribution in [0.25, 0.3) is 0 Å². The molecule has 4 nitrogen and oxygen atoms in total. The molecule has 1 aliphatic rings. The first kappa shape index (κ1) is 12.4. The number of primary amides is 1. The van der Waals surface area contributed by atoms with Crippen molar-refractivity contribution in [1.29, 1.82) is 0 Å². The second-order valence-electron chi connectivity index (χ2n) is 5.56. The molecule has 17 heavy (non-hydrogen) atoms. The molecule has 0 saturated carbocycles. The minimum Gasteiger partial charge on any atom is -0.390 e. The van der Waals surface area contributed by atoms with Crippen molar-refractivity contribution in [3.63, 3.8) is 0 Å². The van der Waals surface area contributed by atoms with Gasteiger partial charge in [0.1, 0.15) is 0 Å². The van der Waals surface area contributed by atoms with Crippen LogP contribution in [0.5, 0.6) is 0 Å². The van der Waals surface area contributed by atoms with E-state index in [1.54, 1.807) is 0 Å². The van der Waals surface area contributed by atoms with Crippen LogP contribution in [0.1, 0.15) is 48.5 Å². The molecule has 4 N–H and O–H groups in total. The third kappa shape index (κ3) is 1.93. The van der Waals surface area contributed by atoms with E-state index in [2.05, 4.69) is 0 Å². The topological polar surface area (TPSA) is 78.3 Å². The van der Waals surface area contributed by atoms with Crippen LogP contribution in [0.15, 0.2) is 0 Å². The minimum absolute atomic E-state index is 0.311. The molecule has 1 aromatic heterocycles. The molecule has 2 heterocycles. The number of hydrogen-bond acceptors (Lipinski definition) is 4. The van der Waals surface area contributed by atoms with E-state index in [0.29, 0.717) is 17.0 Å². The summed E-state index contributed by atoms with van der Waals surface area (Å²) in [5.41, 5.74) is 12.0. The molecule has 0 bridgehead atoms. The smallest absolute Gasteiger partial charge is 0.251 e. The SMILES string of the molecule is CC1(C)Cc2c(sc(N)c2C(N)=O)C(C)(C)O1. The molecule has 2 rings (SSSR count). The van der Waals surface area contributed by atoms with Gasteiger partial charge in [-0.25, -0.2) is 0 Å². The number of amides is 1. The lowest BCUT2D eigenvalue weighted by atomic mass is 9.86.